The average Bonchev–Trinajstić information content (AvgIpc) is 2.17. The van der Waals surface area contributed by atoms with E-state index in [0.29, 0.717) is 0 Å². The number of hydrogen-bond acceptors (Lipinski definition) is 3. The molecule has 0 atom stereocenters. The van der Waals surface area contributed by atoms with Crippen molar-refractivity contribution >= 4 is 12.4 Å². The van der Waals surface area contributed by atoms with E-state index in [1.165, 1.54) is 12.4 Å². The molecule has 0 aromatic heterocycles. The lowest BCUT2D eigenvalue weighted by atomic mass is 10.3. The smallest absolute Gasteiger partial charge is 0.415 e. The van der Waals surface area contributed by atoms with Crippen LogP contribution in [0.5, 0.6) is 0 Å². The summed E-state index contributed by atoms with van der Waals surface area (Å²) in [5.41, 5.74) is 0.778. The first-order valence-corrected chi connectivity index (χ1v) is 3.67. The summed E-state index contributed by atoms with van der Waals surface area (Å²) in [5.74, 6) is 0. The standard InChI is InChI=1S/C8H7N3O2/c12-8(13)10-3-4-11-6-9-2-1-7(11)5-10/h1-6H,(H,12,13). The van der Waals surface area contributed by atoms with Crippen LogP contribution in [0.25, 0.3) is 0 Å². The molecule has 0 unspecified atom stereocenters. The van der Waals surface area contributed by atoms with Gasteiger partial charge in [0.1, 0.15) is 0 Å². The van der Waals surface area contributed by atoms with E-state index in [1.54, 1.807) is 29.7 Å². The van der Waals surface area contributed by atoms with Crippen LogP contribution in [0, 0.1) is 0 Å². The molecule has 2 aliphatic heterocycles. The van der Waals surface area contributed by atoms with Crippen LogP contribution in [-0.4, -0.2) is 27.3 Å². The van der Waals surface area contributed by atoms with E-state index < -0.39 is 6.09 Å². The van der Waals surface area contributed by atoms with E-state index in [9.17, 15) is 4.79 Å². The number of allylic oxidation sites excluding steroid dienone is 1. The predicted molar refractivity (Wildman–Crippen MR) is 46.6 cm³/mol. The van der Waals surface area contributed by atoms with Gasteiger partial charge < -0.3 is 10.0 Å². The van der Waals surface area contributed by atoms with Gasteiger partial charge in [0, 0.05) is 24.8 Å². The van der Waals surface area contributed by atoms with Crippen molar-refractivity contribution < 1.29 is 9.90 Å². The molecule has 5 heteroatoms. The van der Waals surface area contributed by atoms with Crippen molar-refractivity contribution in [2.45, 2.75) is 0 Å². The third kappa shape index (κ3) is 1.31. The summed E-state index contributed by atoms with van der Waals surface area (Å²) >= 11 is 0. The molecular weight excluding hydrogens is 170 g/mol. The maximum atomic E-state index is 10.6. The summed E-state index contributed by atoms with van der Waals surface area (Å²) < 4.78 is 0. The first kappa shape index (κ1) is 7.60. The van der Waals surface area contributed by atoms with Gasteiger partial charge in [0.15, 0.2) is 0 Å². The molecule has 66 valence electrons. The fraction of sp³-hybridized carbons (Fsp3) is 0. The van der Waals surface area contributed by atoms with Crippen molar-refractivity contribution in [2.75, 3.05) is 0 Å². The zero-order valence-corrected chi connectivity index (χ0v) is 6.66. The zero-order chi connectivity index (χ0) is 9.26. The van der Waals surface area contributed by atoms with Crippen LogP contribution >= 0.6 is 0 Å². The van der Waals surface area contributed by atoms with E-state index in [4.69, 9.17) is 5.11 Å². The molecule has 0 aromatic rings. The highest BCUT2D eigenvalue weighted by molar-refractivity contribution is 5.71. The van der Waals surface area contributed by atoms with Gasteiger partial charge in [-0.05, 0) is 6.08 Å². The second kappa shape index (κ2) is 2.78. The number of rotatable bonds is 0. The van der Waals surface area contributed by atoms with Gasteiger partial charge in [0.25, 0.3) is 0 Å². The van der Waals surface area contributed by atoms with Gasteiger partial charge in [-0.2, -0.15) is 0 Å². The first-order chi connectivity index (χ1) is 6.27. The molecule has 0 aliphatic carbocycles. The molecule has 0 saturated heterocycles. The number of fused-ring (bicyclic) bond motifs is 1. The minimum atomic E-state index is -1.00. The average molecular weight is 177 g/mol. The summed E-state index contributed by atoms with van der Waals surface area (Å²) in [4.78, 5) is 17.3. The highest BCUT2D eigenvalue weighted by atomic mass is 16.4. The molecule has 13 heavy (non-hydrogen) atoms. The molecule has 0 spiro atoms. The van der Waals surface area contributed by atoms with Crippen molar-refractivity contribution in [1.29, 1.82) is 0 Å². The Balaban J connectivity index is 2.27. The molecule has 0 radical (unpaired) electrons. The molecule has 5 nitrogen and oxygen atoms in total. The Labute approximate surface area is 74.6 Å². The molecule has 1 amide bonds. The maximum absolute atomic E-state index is 10.6. The largest absolute Gasteiger partial charge is 0.464 e. The molecule has 2 aliphatic rings. The summed E-state index contributed by atoms with van der Waals surface area (Å²) in [6.07, 6.45) is 8.57. The van der Waals surface area contributed by atoms with Crippen LogP contribution in [0.2, 0.25) is 0 Å². The van der Waals surface area contributed by atoms with Gasteiger partial charge in [-0.1, -0.05) is 0 Å². The summed E-state index contributed by atoms with van der Waals surface area (Å²) in [7, 11) is 0. The Hall–Kier alpha value is -2.04. The monoisotopic (exact) mass is 177 g/mol. The Kier molecular flexibility index (Phi) is 1.63. The van der Waals surface area contributed by atoms with E-state index in [0.717, 1.165) is 10.6 Å². The molecular formula is C8H7N3O2. The Morgan fingerprint density at radius 3 is 3.08 bits per heavy atom. The Bertz CT molecular complexity index is 354. The van der Waals surface area contributed by atoms with Crippen LogP contribution in [-0.2, 0) is 0 Å². The lowest BCUT2D eigenvalue weighted by molar-refractivity contribution is 0.174. The van der Waals surface area contributed by atoms with Gasteiger partial charge in [-0.3, -0.25) is 4.90 Å². The van der Waals surface area contributed by atoms with Crippen LogP contribution in [0.1, 0.15) is 0 Å². The Morgan fingerprint density at radius 1 is 1.46 bits per heavy atom. The van der Waals surface area contributed by atoms with Crippen LogP contribution in [0.3, 0.4) is 0 Å². The van der Waals surface area contributed by atoms with Gasteiger partial charge in [-0.25, -0.2) is 9.79 Å². The van der Waals surface area contributed by atoms with Crippen LogP contribution in [0.4, 0.5) is 4.79 Å². The van der Waals surface area contributed by atoms with Crippen molar-refractivity contribution in [1.82, 2.24) is 9.80 Å². The Morgan fingerprint density at radius 2 is 2.31 bits per heavy atom. The third-order valence-corrected chi connectivity index (χ3v) is 1.70. The number of amides is 1. The normalized spacial score (nSPS) is 18.6. The number of hydrogen-bond donors (Lipinski definition) is 1. The first-order valence-electron chi connectivity index (χ1n) is 3.67. The zero-order valence-electron chi connectivity index (χ0n) is 6.66. The minimum absolute atomic E-state index is 0.778. The number of carbonyl (C=O) groups is 1. The molecule has 0 aromatic carbocycles. The van der Waals surface area contributed by atoms with Crippen LogP contribution < -0.4 is 0 Å². The number of carboxylic acid groups (broad SMARTS) is 1. The molecule has 2 rings (SSSR count). The van der Waals surface area contributed by atoms with Crippen molar-refractivity contribution in [3.63, 3.8) is 0 Å². The SMILES string of the molecule is O=C(O)N1C=CN2C=NC=CC2=C1. The topological polar surface area (TPSA) is 56.1 Å². The minimum Gasteiger partial charge on any atom is -0.464 e. The third-order valence-electron chi connectivity index (χ3n) is 1.70. The van der Waals surface area contributed by atoms with E-state index >= 15 is 0 Å². The van der Waals surface area contributed by atoms with Gasteiger partial charge >= 0.3 is 6.09 Å². The highest BCUT2D eigenvalue weighted by Crippen LogP contribution is 2.15. The van der Waals surface area contributed by atoms with Crippen molar-refractivity contribution in [3.8, 4) is 0 Å². The second-order valence-corrected chi connectivity index (χ2v) is 2.53. The maximum Gasteiger partial charge on any atom is 0.415 e. The van der Waals surface area contributed by atoms with Gasteiger partial charge in [-0.15, -0.1) is 0 Å². The van der Waals surface area contributed by atoms with E-state index in [1.807, 2.05) is 0 Å². The molecule has 0 bridgehead atoms. The summed E-state index contributed by atoms with van der Waals surface area (Å²) in [6, 6.07) is 0. The van der Waals surface area contributed by atoms with Crippen molar-refractivity contribution in [2.24, 2.45) is 4.99 Å². The number of aliphatic imine (C=N–C) groups is 1. The van der Waals surface area contributed by atoms with E-state index in [2.05, 4.69) is 4.99 Å². The second-order valence-electron chi connectivity index (χ2n) is 2.53. The molecule has 0 fully saturated rings. The molecule has 2 heterocycles. The molecule has 0 saturated carbocycles. The van der Waals surface area contributed by atoms with Crippen molar-refractivity contribution in [3.05, 3.63) is 36.6 Å². The van der Waals surface area contributed by atoms with Gasteiger partial charge in [0.05, 0.1) is 12.0 Å². The lowest BCUT2D eigenvalue weighted by Crippen LogP contribution is -2.27. The fourth-order valence-corrected chi connectivity index (χ4v) is 1.06. The van der Waals surface area contributed by atoms with E-state index in [-0.39, 0.29) is 0 Å². The van der Waals surface area contributed by atoms with Crippen LogP contribution in [0.15, 0.2) is 41.6 Å². The number of nitrogens with zero attached hydrogens (tertiary/aromatic N) is 3. The lowest BCUT2D eigenvalue weighted by Gasteiger charge is -2.24. The molecule has 1 N–H and O–H groups in total. The highest BCUT2D eigenvalue weighted by Gasteiger charge is 2.14. The van der Waals surface area contributed by atoms with Gasteiger partial charge in [0.2, 0.25) is 0 Å². The predicted octanol–water partition coefficient (Wildman–Crippen LogP) is 1.15. The summed E-state index contributed by atoms with van der Waals surface area (Å²) in [6.45, 7) is 0. The quantitative estimate of drug-likeness (QED) is 0.603. The summed E-state index contributed by atoms with van der Waals surface area (Å²) in [5, 5.41) is 8.68. The fourth-order valence-electron chi connectivity index (χ4n) is 1.06.